The third-order valence-electron chi connectivity index (χ3n) is 3.02. The standard InChI is InChI=1S/C14H12N4O/c1-18(11-4-6-15-7-5-11)14(19)10-2-3-12-13(8-10)17-9-16-12/h2-9H,1H3,(H,16,17). The van der Waals surface area contributed by atoms with Gasteiger partial charge >= 0.3 is 0 Å². The maximum atomic E-state index is 12.4. The van der Waals surface area contributed by atoms with Crippen molar-refractivity contribution in [3.8, 4) is 0 Å². The van der Waals surface area contributed by atoms with Crippen LogP contribution < -0.4 is 4.90 Å². The molecule has 5 heteroatoms. The van der Waals surface area contributed by atoms with E-state index in [1.165, 1.54) is 0 Å². The van der Waals surface area contributed by atoms with Crippen molar-refractivity contribution in [3.05, 3.63) is 54.6 Å². The predicted molar refractivity (Wildman–Crippen MR) is 73.1 cm³/mol. The van der Waals surface area contributed by atoms with Crippen molar-refractivity contribution < 1.29 is 4.79 Å². The SMILES string of the molecule is CN(C(=O)c1ccc2nc[nH]c2c1)c1ccncc1. The van der Waals surface area contributed by atoms with E-state index in [1.807, 2.05) is 12.1 Å². The number of carbonyl (C=O) groups excluding carboxylic acids is 1. The molecule has 19 heavy (non-hydrogen) atoms. The van der Waals surface area contributed by atoms with Crippen LogP contribution in [0.2, 0.25) is 0 Å². The van der Waals surface area contributed by atoms with Crippen LogP contribution in [0.3, 0.4) is 0 Å². The van der Waals surface area contributed by atoms with Crippen LogP contribution in [-0.2, 0) is 0 Å². The van der Waals surface area contributed by atoms with E-state index >= 15 is 0 Å². The van der Waals surface area contributed by atoms with Gasteiger partial charge in [-0.15, -0.1) is 0 Å². The molecule has 0 saturated heterocycles. The lowest BCUT2D eigenvalue weighted by molar-refractivity contribution is 0.0993. The van der Waals surface area contributed by atoms with Gasteiger partial charge in [-0.2, -0.15) is 0 Å². The molecule has 0 fully saturated rings. The Morgan fingerprint density at radius 3 is 2.79 bits per heavy atom. The highest BCUT2D eigenvalue weighted by Crippen LogP contribution is 2.17. The molecule has 1 amide bonds. The topological polar surface area (TPSA) is 61.9 Å². The summed E-state index contributed by atoms with van der Waals surface area (Å²) in [7, 11) is 1.74. The summed E-state index contributed by atoms with van der Waals surface area (Å²) < 4.78 is 0. The molecular weight excluding hydrogens is 240 g/mol. The Kier molecular flexibility index (Phi) is 2.72. The van der Waals surface area contributed by atoms with Crippen LogP contribution in [-0.4, -0.2) is 27.9 Å². The van der Waals surface area contributed by atoms with Crippen molar-refractivity contribution in [3.63, 3.8) is 0 Å². The number of fused-ring (bicyclic) bond motifs is 1. The van der Waals surface area contributed by atoms with Crippen LogP contribution in [0, 0.1) is 0 Å². The summed E-state index contributed by atoms with van der Waals surface area (Å²) in [6, 6.07) is 9.02. The van der Waals surface area contributed by atoms with E-state index in [0.717, 1.165) is 16.7 Å². The maximum absolute atomic E-state index is 12.4. The van der Waals surface area contributed by atoms with E-state index in [0.29, 0.717) is 5.56 Å². The summed E-state index contributed by atoms with van der Waals surface area (Å²) in [4.78, 5) is 25.1. The number of aromatic nitrogens is 3. The molecular formula is C14H12N4O. The molecule has 0 bridgehead atoms. The molecule has 94 valence electrons. The quantitative estimate of drug-likeness (QED) is 0.760. The summed E-state index contributed by atoms with van der Waals surface area (Å²) in [5.74, 6) is -0.0669. The smallest absolute Gasteiger partial charge is 0.258 e. The van der Waals surface area contributed by atoms with Gasteiger partial charge in [0.2, 0.25) is 0 Å². The van der Waals surface area contributed by atoms with Gasteiger partial charge in [0.15, 0.2) is 0 Å². The number of imidazole rings is 1. The lowest BCUT2D eigenvalue weighted by atomic mass is 10.1. The van der Waals surface area contributed by atoms with E-state index in [4.69, 9.17) is 0 Å². The Bertz CT molecular complexity index is 720. The average Bonchev–Trinajstić information content (AvgIpc) is 2.94. The third kappa shape index (κ3) is 2.06. The zero-order valence-electron chi connectivity index (χ0n) is 10.4. The molecule has 1 aromatic carbocycles. The number of rotatable bonds is 2. The van der Waals surface area contributed by atoms with E-state index in [9.17, 15) is 4.79 Å². The highest BCUT2D eigenvalue weighted by atomic mass is 16.2. The van der Waals surface area contributed by atoms with Gasteiger partial charge < -0.3 is 9.88 Å². The van der Waals surface area contributed by atoms with E-state index < -0.39 is 0 Å². The van der Waals surface area contributed by atoms with Crippen molar-refractivity contribution in [2.75, 3.05) is 11.9 Å². The van der Waals surface area contributed by atoms with Crippen molar-refractivity contribution >= 4 is 22.6 Å². The first-order valence-corrected chi connectivity index (χ1v) is 5.87. The fourth-order valence-electron chi connectivity index (χ4n) is 1.95. The number of anilines is 1. The molecule has 0 aliphatic carbocycles. The maximum Gasteiger partial charge on any atom is 0.258 e. The molecule has 2 heterocycles. The van der Waals surface area contributed by atoms with Crippen molar-refractivity contribution in [2.45, 2.75) is 0 Å². The van der Waals surface area contributed by atoms with Crippen molar-refractivity contribution in [1.29, 1.82) is 0 Å². The molecule has 0 aliphatic heterocycles. The number of H-pyrrole nitrogens is 1. The second-order valence-electron chi connectivity index (χ2n) is 4.20. The van der Waals surface area contributed by atoms with E-state index in [-0.39, 0.29) is 5.91 Å². The van der Waals surface area contributed by atoms with Gasteiger partial charge in [0.05, 0.1) is 17.4 Å². The molecule has 0 atom stereocenters. The van der Waals surface area contributed by atoms with Gasteiger partial charge in [-0.1, -0.05) is 0 Å². The largest absolute Gasteiger partial charge is 0.345 e. The van der Waals surface area contributed by atoms with Crippen molar-refractivity contribution in [2.24, 2.45) is 0 Å². The fraction of sp³-hybridized carbons (Fsp3) is 0.0714. The zero-order chi connectivity index (χ0) is 13.2. The molecule has 0 unspecified atom stereocenters. The van der Waals surface area contributed by atoms with Gasteiger partial charge in [-0.25, -0.2) is 4.98 Å². The molecule has 1 N–H and O–H groups in total. The number of nitrogens with zero attached hydrogens (tertiary/aromatic N) is 3. The molecule has 0 radical (unpaired) electrons. The summed E-state index contributed by atoms with van der Waals surface area (Å²) in [6.45, 7) is 0. The second-order valence-corrected chi connectivity index (χ2v) is 4.20. The number of pyridine rings is 1. The minimum Gasteiger partial charge on any atom is -0.345 e. The zero-order valence-corrected chi connectivity index (χ0v) is 10.4. The average molecular weight is 252 g/mol. The van der Waals surface area contributed by atoms with Gasteiger partial charge in [0.25, 0.3) is 5.91 Å². The number of carbonyl (C=O) groups is 1. The molecule has 5 nitrogen and oxygen atoms in total. The Hall–Kier alpha value is -2.69. The van der Waals surface area contributed by atoms with Crippen LogP contribution >= 0.6 is 0 Å². The van der Waals surface area contributed by atoms with E-state index in [1.54, 1.807) is 48.9 Å². The summed E-state index contributed by atoms with van der Waals surface area (Å²) in [5, 5.41) is 0. The van der Waals surface area contributed by atoms with E-state index in [2.05, 4.69) is 15.0 Å². The van der Waals surface area contributed by atoms with Gasteiger partial charge in [0.1, 0.15) is 0 Å². The first-order chi connectivity index (χ1) is 9.25. The molecule has 3 aromatic rings. The third-order valence-corrected chi connectivity index (χ3v) is 3.02. The highest BCUT2D eigenvalue weighted by Gasteiger charge is 2.14. The summed E-state index contributed by atoms with van der Waals surface area (Å²) in [5.41, 5.74) is 3.14. The first-order valence-electron chi connectivity index (χ1n) is 5.87. The molecule has 2 aromatic heterocycles. The monoisotopic (exact) mass is 252 g/mol. The Balaban J connectivity index is 1.95. The van der Waals surface area contributed by atoms with Crippen LogP contribution in [0.4, 0.5) is 5.69 Å². The molecule has 0 saturated carbocycles. The van der Waals surface area contributed by atoms with Gasteiger partial charge in [-0.3, -0.25) is 9.78 Å². The number of nitrogens with one attached hydrogen (secondary N) is 1. The van der Waals surface area contributed by atoms with Crippen LogP contribution in [0.25, 0.3) is 11.0 Å². The minimum absolute atomic E-state index is 0.0669. The number of aromatic amines is 1. The number of hydrogen-bond acceptors (Lipinski definition) is 3. The number of amides is 1. The second kappa shape index (κ2) is 4.53. The minimum atomic E-state index is -0.0669. The Labute approximate surface area is 109 Å². The molecule has 0 spiro atoms. The van der Waals surface area contributed by atoms with Gasteiger partial charge in [0, 0.05) is 30.7 Å². The summed E-state index contributed by atoms with van der Waals surface area (Å²) in [6.07, 6.45) is 4.94. The summed E-state index contributed by atoms with van der Waals surface area (Å²) >= 11 is 0. The number of benzene rings is 1. The van der Waals surface area contributed by atoms with Crippen LogP contribution in [0.5, 0.6) is 0 Å². The Morgan fingerprint density at radius 2 is 2.00 bits per heavy atom. The fourth-order valence-corrected chi connectivity index (χ4v) is 1.95. The molecule has 3 rings (SSSR count). The Morgan fingerprint density at radius 1 is 1.21 bits per heavy atom. The normalized spacial score (nSPS) is 10.6. The first kappa shape index (κ1) is 11.4. The highest BCUT2D eigenvalue weighted by molar-refractivity contribution is 6.07. The lowest BCUT2D eigenvalue weighted by Crippen LogP contribution is -2.26. The van der Waals surface area contributed by atoms with Gasteiger partial charge in [-0.05, 0) is 30.3 Å². The lowest BCUT2D eigenvalue weighted by Gasteiger charge is -2.16. The van der Waals surface area contributed by atoms with Crippen LogP contribution in [0.15, 0.2) is 49.1 Å². The predicted octanol–water partition coefficient (Wildman–Crippen LogP) is 2.23. The van der Waals surface area contributed by atoms with Crippen LogP contribution in [0.1, 0.15) is 10.4 Å². The molecule has 0 aliphatic rings. The number of hydrogen-bond donors (Lipinski definition) is 1. The van der Waals surface area contributed by atoms with Crippen molar-refractivity contribution in [1.82, 2.24) is 15.0 Å².